The highest BCUT2D eigenvalue weighted by Crippen LogP contribution is 2.17. The molecular weight excluding hydrogens is 300 g/mol. The standard InChI is InChI=1S/C19H30N4O/c1-20-19(22(2)13-16-8-12-24-15-16)21-9-11-23-10-7-17-5-3-4-6-18(17)14-23/h3-6,16H,7-15H2,1-2H3,(H,20,21). The Bertz CT molecular complexity index is 554. The van der Waals surface area contributed by atoms with Crippen molar-refractivity contribution >= 4 is 5.96 Å². The Kier molecular flexibility index (Phi) is 6.10. The molecule has 5 nitrogen and oxygen atoms in total. The van der Waals surface area contributed by atoms with Crippen molar-refractivity contribution in [2.45, 2.75) is 19.4 Å². The van der Waals surface area contributed by atoms with Crippen LogP contribution in [0.2, 0.25) is 0 Å². The zero-order valence-electron chi connectivity index (χ0n) is 15.0. The maximum absolute atomic E-state index is 5.47. The third-order valence-corrected chi connectivity index (χ3v) is 5.05. The first kappa shape index (κ1) is 17.2. The van der Waals surface area contributed by atoms with Crippen molar-refractivity contribution in [2.75, 3.05) is 53.5 Å². The molecule has 1 atom stereocenters. The van der Waals surface area contributed by atoms with E-state index in [0.717, 1.165) is 64.7 Å². The monoisotopic (exact) mass is 330 g/mol. The van der Waals surface area contributed by atoms with Crippen molar-refractivity contribution in [1.82, 2.24) is 15.1 Å². The van der Waals surface area contributed by atoms with Gasteiger partial charge >= 0.3 is 0 Å². The van der Waals surface area contributed by atoms with Gasteiger partial charge in [0.05, 0.1) is 6.61 Å². The molecule has 0 aliphatic carbocycles. The van der Waals surface area contributed by atoms with E-state index in [-0.39, 0.29) is 0 Å². The summed E-state index contributed by atoms with van der Waals surface area (Å²) in [5, 5.41) is 3.51. The molecule has 2 heterocycles. The van der Waals surface area contributed by atoms with Gasteiger partial charge in [0, 0.05) is 59.3 Å². The largest absolute Gasteiger partial charge is 0.381 e. The molecule has 1 unspecified atom stereocenters. The van der Waals surface area contributed by atoms with Crippen LogP contribution in [0.1, 0.15) is 17.5 Å². The Morgan fingerprint density at radius 2 is 2.21 bits per heavy atom. The van der Waals surface area contributed by atoms with Crippen LogP contribution in [0.25, 0.3) is 0 Å². The second kappa shape index (κ2) is 8.49. The lowest BCUT2D eigenvalue weighted by atomic mass is 10.00. The summed E-state index contributed by atoms with van der Waals surface area (Å²) in [4.78, 5) is 9.17. The molecule has 0 amide bonds. The van der Waals surface area contributed by atoms with Crippen LogP contribution < -0.4 is 5.32 Å². The van der Waals surface area contributed by atoms with Gasteiger partial charge in [-0.05, 0) is 24.0 Å². The van der Waals surface area contributed by atoms with Gasteiger partial charge in [0.1, 0.15) is 0 Å². The fourth-order valence-corrected chi connectivity index (χ4v) is 3.66. The minimum Gasteiger partial charge on any atom is -0.381 e. The van der Waals surface area contributed by atoms with E-state index in [2.05, 4.69) is 51.4 Å². The number of hydrogen-bond donors (Lipinski definition) is 1. The molecular formula is C19H30N4O. The van der Waals surface area contributed by atoms with Crippen LogP contribution in [0, 0.1) is 5.92 Å². The number of rotatable bonds is 5. The Labute approximate surface area is 145 Å². The SMILES string of the molecule is CN=C(NCCN1CCc2ccccc2C1)N(C)CC1CCOC1. The molecule has 0 aromatic heterocycles. The van der Waals surface area contributed by atoms with Gasteiger partial charge in [0.15, 0.2) is 5.96 Å². The first-order chi connectivity index (χ1) is 11.8. The van der Waals surface area contributed by atoms with Crippen molar-refractivity contribution < 1.29 is 4.74 Å². The predicted octanol–water partition coefficient (Wildman–Crippen LogP) is 1.59. The van der Waals surface area contributed by atoms with Gasteiger partial charge in [-0.2, -0.15) is 0 Å². The molecule has 132 valence electrons. The van der Waals surface area contributed by atoms with Crippen molar-refractivity contribution in [3.05, 3.63) is 35.4 Å². The van der Waals surface area contributed by atoms with E-state index in [4.69, 9.17) is 4.74 Å². The Morgan fingerprint density at radius 1 is 1.38 bits per heavy atom. The number of nitrogens with zero attached hydrogens (tertiary/aromatic N) is 3. The lowest BCUT2D eigenvalue weighted by molar-refractivity contribution is 0.181. The van der Waals surface area contributed by atoms with Crippen LogP contribution in [0.4, 0.5) is 0 Å². The fraction of sp³-hybridized carbons (Fsp3) is 0.632. The first-order valence-electron chi connectivity index (χ1n) is 9.05. The normalized spacial score (nSPS) is 21.6. The van der Waals surface area contributed by atoms with Gasteiger partial charge in [-0.1, -0.05) is 24.3 Å². The van der Waals surface area contributed by atoms with E-state index in [1.165, 1.54) is 11.1 Å². The molecule has 0 bridgehead atoms. The molecule has 1 aromatic carbocycles. The van der Waals surface area contributed by atoms with E-state index < -0.39 is 0 Å². The molecule has 24 heavy (non-hydrogen) atoms. The minimum atomic E-state index is 0.632. The highest BCUT2D eigenvalue weighted by Gasteiger charge is 2.19. The van der Waals surface area contributed by atoms with Crippen LogP contribution in [0.5, 0.6) is 0 Å². The number of nitrogens with one attached hydrogen (secondary N) is 1. The lowest BCUT2D eigenvalue weighted by Crippen LogP contribution is -2.44. The number of ether oxygens (including phenoxy) is 1. The van der Waals surface area contributed by atoms with E-state index in [1.807, 2.05) is 7.05 Å². The summed E-state index contributed by atoms with van der Waals surface area (Å²) in [5.41, 5.74) is 2.99. The van der Waals surface area contributed by atoms with E-state index in [0.29, 0.717) is 5.92 Å². The molecule has 2 aliphatic rings. The topological polar surface area (TPSA) is 40.1 Å². The van der Waals surface area contributed by atoms with E-state index in [9.17, 15) is 0 Å². The van der Waals surface area contributed by atoms with Crippen LogP contribution in [-0.4, -0.2) is 69.2 Å². The molecule has 1 aromatic rings. The van der Waals surface area contributed by atoms with Crippen LogP contribution in [0.3, 0.4) is 0 Å². The second-order valence-corrected chi connectivity index (χ2v) is 6.88. The fourth-order valence-electron chi connectivity index (χ4n) is 3.66. The summed E-state index contributed by atoms with van der Waals surface area (Å²) in [5.74, 6) is 1.62. The van der Waals surface area contributed by atoms with Gasteiger partial charge in [0.2, 0.25) is 0 Å². The number of fused-ring (bicyclic) bond motifs is 1. The summed E-state index contributed by atoms with van der Waals surface area (Å²) in [6.07, 6.45) is 2.32. The zero-order valence-corrected chi connectivity index (χ0v) is 15.0. The number of aliphatic imine (C=N–C) groups is 1. The lowest BCUT2D eigenvalue weighted by Gasteiger charge is -2.30. The summed E-state index contributed by atoms with van der Waals surface area (Å²) in [7, 11) is 3.98. The van der Waals surface area contributed by atoms with Gasteiger partial charge in [-0.25, -0.2) is 0 Å². The van der Waals surface area contributed by atoms with Crippen molar-refractivity contribution in [2.24, 2.45) is 10.9 Å². The second-order valence-electron chi connectivity index (χ2n) is 6.88. The third-order valence-electron chi connectivity index (χ3n) is 5.05. The van der Waals surface area contributed by atoms with Crippen LogP contribution >= 0.6 is 0 Å². The molecule has 1 fully saturated rings. The molecule has 0 radical (unpaired) electrons. The van der Waals surface area contributed by atoms with Crippen molar-refractivity contribution in [3.8, 4) is 0 Å². The summed E-state index contributed by atoms with van der Waals surface area (Å²) < 4.78 is 5.47. The maximum atomic E-state index is 5.47. The Morgan fingerprint density at radius 3 is 2.96 bits per heavy atom. The summed E-state index contributed by atoms with van der Waals surface area (Å²) >= 11 is 0. The van der Waals surface area contributed by atoms with Gasteiger partial charge in [-0.15, -0.1) is 0 Å². The maximum Gasteiger partial charge on any atom is 0.193 e. The van der Waals surface area contributed by atoms with Gasteiger partial charge in [-0.3, -0.25) is 9.89 Å². The molecule has 0 saturated carbocycles. The molecule has 1 saturated heterocycles. The molecule has 3 rings (SSSR count). The minimum absolute atomic E-state index is 0.632. The molecule has 0 spiro atoms. The highest BCUT2D eigenvalue weighted by atomic mass is 16.5. The third kappa shape index (κ3) is 4.48. The highest BCUT2D eigenvalue weighted by molar-refractivity contribution is 5.79. The number of benzene rings is 1. The molecule has 5 heteroatoms. The summed E-state index contributed by atoms with van der Waals surface area (Å²) in [6, 6.07) is 8.80. The molecule has 2 aliphatic heterocycles. The number of hydrogen-bond acceptors (Lipinski definition) is 3. The van der Waals surface area contributed by atoms with Gasteiger partial charge in [0.25, 0.3) is 0 Å². The van der Waals surface area contributed by atoms with Crippen LogP contribution in [0.15, 0.2) is 29.3 Å². The smallest absolute Gasteiger partial charge is 0.193 e. The Balaban J connectivity index is 1.42. The molecule has 1 N–H and O–H groups in total. The average Bonchev–Trinajstić information content (AvgIpc) is 3.11. The number of guanidine groups is 1. The van der Waals surface area contributed by atoms with E-state index in [1.54, 1.807) is 0 Å². The average molecular weight is 330 g/mol. The summed E-state index contributed by atoms with van der Waals surface area (Å²) in [6.45, 7) is 6.98. The van der Waals surface area contributed by atoms with Crippen molar-refractivity contribution in [1.29, 1.82) is 0 Å². The van der Waals surface area contributed by atoms with Crippen LogP contribution in [-0.2, 0) is 17.7 Å². The predicted molar refractivity (Wildman–Crippen MR) is 98.3 cm³/mol. The Hall–Kier alpha value is -1.59. The van der Waals surface area contributed by atoms with Gasteiger partial charge < -0.3 is 15.0 Å². The zero-order chi connectivity index (χ0) is 16.8. The first-order valence-corrected chi connectivity index (χ1v) is 9.05. The van der Waals surface area contributed by atoms with E-state index >= 15 is 0 Å². The quantitative estimate of drug-likeness (QED) is 0.657. The van der Waals surface area contributed by atoms with Crippen molar-refractivity contribution in [3.63, 3.8) is 0 Å².